The van der Waals surface area contributed by atoms with Gasteiger partial charge in [0.2, 0.25) is 0 Å². The molecule has 0 N–H and O–H groups in total. The molecular formula is C15H25N. The monoisotopic (exact) mass is 219 g/mol. The van der Waals surface area contributed by atoms with Gasteiger partial charge in [-0.25, -0.2) is 0 Å². The molecule has 0 saturated carbocycles. The Morgan fingerprint density at radius 3 is 1.56 bits per heavy atom. The Labute approximate surface area is 102 Å². The predicted molar refractivity (Wildman–Crippen MR) is 72.1 cm³/mol. The van der Waals surface area contributed by atoms with Crippen molar-refractivity contribution in [1.29, 1.82) is 0 Å². The van der Waals surface area contributed by atoms with Crippen LogP contribution in [0, 0.1) is 23.7 Å². The number of hydrogen-bond donors (Lipinski definition) is 0. The maximum absolute atomic E-state index is 3.10. The highest BCUT2D eigenvalue weighted by molar-refractivity contribution is 4.94. The van der Waals surface area contributed by atoms with Crippen LogP contribution in [0.2, 0.25) is 0 Å². The van der Waals surface area contributed by atoms with E-state index in [1.54, 1.807) is 0 Å². The second-order valence-corrected chi connectivity index (χ2v) is 4.07. The standard InChI is InChI=1S/C15H25N/c1-4-6-8-10-12-14-16(3)15-13-11-9-7-5-2/h8-15H2,1-3H3. The first kappa shape index (κ1) is 15.1. The fourth-order valence-electron chi connectivity index (χ4n) is 1.55. The molecule has 0 bridgehead atoms. The summed E-state index contributed by atoms with van der Waals surface area (Å²) in [6.07, 6.45) is 7.09. The van der Waals surface area contributed by atoms with Crippen molar-refractivity contribution in [2.75, 3.05) is 20.1 Å². The van der Waals surface area contributed by atoms with Crippen LogP contribution in [0.5, 0.6) is 0 Å². The minimum absolute atomic E-state index is 1.05. The summed E-state index contributed by atoms with van der Waals surface area (Å²) < 4.78 is 0. The number of unbranched alkanes of at least 4 members (excludes halogenated alkanes) is 4. The van der Waals surface area contributed by atoms with E-state index in [1.807, 2.05) is 13.8 Å². The maximum atomic E-state index is 3.10. The summed E-state index contributed by atoms with van der Waals surface area (Å²) in [5.74, 6) is 12.1. The first-order valence-electron chi connectivity index (χ1n) is 6.29. The van der Waals surface area contributed by atoms with Crippen LogP contribution in [0.4, 0.5) is 0 Å². The van der Waals surface area contributed by atoms with E-state index in [0.29, 0.717) is 0 Å². The molecule has 0 aliphatic carbocycles. The summed E-state index contributed by atoms with van der Waals surface area (Å²) in [5, 5.41) is 0. The number of hydrogen-bond acceptors (Lipinski definition) is 1. The van der Waals surface area contributed by atoms with Crippen LogP contribution < -0.4 is 0 Å². The van der Waals surface area contributed by atoms with Crippen molar-refractivity contribution in [3.8, 4) is 23.7 Å². The maximum Gasteiger partial charge on any atom is 0.00890 e. The Kier molecular flexibility index (Phi) is 11.5. The smallest absolute Gasteiger partial charge is 0.00890 e. The minimum Gasteiger partial charge on any atom is -0.306 e. The summed E-state index contributed by atoms with van der Waals surface area (Å²) in [5.41, 5.74) is 0. The molecule has 0 spiro atoms. The molecule has 0 aromatic carbocycles. The highest BCUT2D eigenvalue weighted by Crippen LogP contribution is 2.00. The zero-order valence-electron chi connectivity index (χ0n) is 11.1. The predicted octanol–water partition coefficient (Wildman–Crippen LogP) is 3.31. The van der Waals surface area contributed by atoms with Crippen molar-refractivity contribution in [2.45, 2.75) is 52.4 Å². The van der Waals surface area contributed by atoms with Gasteiger partial charge in [-0.05, 0) is 59.7 Å². The Balaban J connectivity index is 3.25. The molecule has 0 saturated heterocycles. The van der Waals surface area contributed by atoms with Crippen molar-refractivity contribution in [3.05, 3.63) is 0 Å². The first-order valence-corrected chi connectivity index (χ1v) is 6.29. The molecule has 0 unspecified atom stereocenters. The van der Waals surface area contributed by atoms with Crippen molar-refractivity contribution >= 4 is 0 Å². The molecule has 90 valence electrons. The fourth-order valence-corrected chi connectivity index (χ4v) is 1.55. The highest BCUT2D eigenvalue weighted by Gasteiger charge is 1.96. The van der Waals surface area contributed by atoms with Crippen molar-refractivity contribution in [3.63, 3.8) is 0 Å². The van der Waals surface area contributed by atoms with Crippen molar-refractivity contribution in [2.24, 2.45) is 0 Å². The average molecular weight is 219 g/mol. The van der Waals surface area contributed by atoms with E-state index in [2.05, 4.69) is 35.6 Å². The number of rotatable bonds is 8. The lowest BCUT2D eigenvalue weighted by Crippen LogP contribution is -2.20. The van der Waals surface area contributed by atoms with Crippen LogP contribution >= 0.6 is 0 Å². The summed E-state index contributed by atoms with van der Waals surface area (Å²) in [6, 6.07) is 0. The van der Waals surface area contributed by atoms with E-state index < -0.39 is 0 Å². The van der Waals surface area contributed by atoms with Crippen LogP contribution in [-0.2, 0) is 0 Å². The summed E-state index contributed by atoms with van der Waals surface area (Å²) in [6.45, 7) is 6.21. The van der Waals surface area contributed by atoms with E-state index in [4.69, 9.17) is 0 Å². The second kappa shape index (κ2) is 12.2. The van der Waals surface area contributed by atoms with Gasteiger partial charge in [-0.3, -0.25) is 0 Å². The largest absolute Gasteiger partial charge is 0.306 e. The molecule has 0 aromatic rings. The molecule has 0 aromatic heterocycles. The molecule has 0 heterocycles. The van der Waals surface area contributed by atoms with E-state index in [-0.39, 0.29) is 0 Å². The Morgan fingerprint density at radius 2 is 1.19 bits per heavy atom. The molecule has 0 fully saturated rings. The van der Waals surface area contributed by atoms with Gasteiger partial charge in [0.15, 0.2) is 0 Å². The van der Waals surface area contributed by atoms with Gasteiger partial charge in [0.05, 0.1) is 0 Å². The second-order valence-electron chi connectivity index (χ2n) is 4.07. The van der Waals surface area contributed by atoms with Gasteiger partial charge in [-0.1, -0.05) is 0 Å². The average Bonchev–Trinajstić information content (AvgIpc) is 2.28. The molecule has 0 atom stereocenters. The van der Waals surface area contributed by atoms with Gasteiger partial charge in [0.1, 0.15) is 0 Å². The van der Waals surface area contributed by atoms with Gasteiger partial charge in [0.25, 0.3) is 0 Å². The Hall–Kier alpha value is -0.920. The third kappa shape index (κ3) is 11.2. The fraction of sp³-hybridized carbons (Fsp3) is 0.733. The third-order valence-electron chi connectivity index (χ3n) is 2.54. The first-order chi connectivity index (χ1) is 7.81. The van der Waals surface area contributed by atoms with Crippen LogP contribution in [0.1, 0.15) is 52.4 Å². The molecule has 1 heteroatoms. The van der Waals surface area contributed by atoms with E-state index in [0.717, 1.165) is 12.8 Å². The molecule has 0 amide bonds. The zero-order valence-corrected chi connectivity index (χ0v) is 11.1. The van der Waals surface area contributed by atoms with Crippen molar-refractivity contribution in [1.82, 2.24) is 4.90 Å². The highest BCUT2D eigenvalue weighted by atomic mass is 15.1. The molecule has 0 rings (SSSR count). The molecule has 16 heavy (non-hydrogen) atoms. The third-order valence-corrected chi connectivity index (χ3v) is 2.54. The van der Waals surface area contributed by atoms with E-state index in [1.165, 1.54) is 38.8 Å². The van der Waals surface area contributed by atoms with Gasteiger partial charge in [-0.15, -0.1) is 23.7 Å². The Morgan fingerprint density at radius 1 is 0.750 bits per heavy atom. The van der Waals surface area contributed by atoms with Crippen LogP contribution in [0.15, 0.2) is 0 Å². The van der Waals surface area contributed by atoms with Crippen LogP contribution in [0.3, 0.4) is 0 Å². The molecule has 0 radical (unpaired) electrons. The zero-order chi connectivity index (χ0) is 12.1. The van der Waals surface area contributed by atoms with Gasteiger partial charge in [-0.2, -0.15) is 0 Å². The van der Waals surface area contributed by atoms with Crippen molar-refractivity contribution < 1.29 is 0 Å². The summed E-state index contributed by atoms with van der Waals surface area (Å²) >= 11 is 0. The molecule has 0 aliphatic heterocycles. The summed E-state index contributed by atoms with van der Waals surface area (Å²) in [4.78, 5) is 2.42. The lowest BCUT2D eigenvalue weighted by atomic mass is 10.2. The molecule has 1 nitrogen and oxygen atoms in total. The van der Waals surface area contributed by atoms with Crippen LogP contribution in [-0.4, -0.2) is 25.0 Å². The topological polar surface area (TPSA) is 3.24 Å². The van der Waals surface area contributed by atoms with Gasteiger partial charge >= 0.3 is 0 Å². The lowest BCUT2D eigenvalue weighted by Gasteiger charge is -2.15. The number of nitrogens with zero attached hydrogens (tertiary/aromatic N) is 1. The van der Waals surface area contributed by atoms with Crippen LogP contribution in [0.25, 0.3) is 0 Å². The van der Waals surface area contributed by atoms with E-state index >= 15 is 0 Å². The minimum atomic E-state index is 1.05. The van der Waals surface area contributed by atoms with Gasteiger partial charge < -0.3 is 4.90 Å². The lowest BCUT2D eigenvalue weighted by molar-refractivity contribution is 0.319. The Bertz CT molecular complexity index is 231. The normalized spacial score (nSPS) is 9.25. The molecular weight excluding hydrogens is 194 g/mol. The van der Waals surface area contributed by atoms with E-state index in [9.17, 15) is 0 Å². The quantitative estimate of drug-likeness (QED) is 0.447. The van der Waals surface area contributed by atoms with Gasteiger partial charge in [0, 0.05) is 12.8 Å². The SMILES string of the molecule is CC#CCCCCN(C)CCCCC#CC. The molecule has 0 aliphatic rings. The summed E-state index contributed by atoms with van der Waals surface area (Å²) in [7, 11) is 2.21.